The summed E-state index contributed by atoms with van der Waals surface area (Å²) < 4.78 is 5.79. The van der Waals surface area contributed by atoms with E-state index < -0.39 is 0 Å². The van der Waals surface area contributed by atoms with Crippen LogP contribution in [0, 0.1) is 0 Å². The molecule has 1 heterocycles. The van der Waals surface area contributed by atoms with E-state index in [0.717, 1.165) is 5.56 Å². The summed E-state index contributed by atoms with van der Waals surface area (Å²) in [6.45, 7) is 4.86. The second-order valence-corrected chi connectivity index (χ2v) is 5.44. The smallest absolute Gasteiger partial charge is 0.223 e. The quantitative estimate of drug-likeness (QED) is 0.870. The molecule has 0 saturated carbocycles. The number of rotatable bonds is 5. The molecule has 0 atom stereocenters. The van der Waals surface area contributed by atoms with E-state index in [1.807, 2.05) is 12.1 Å². The lowest BCUT2D eigenvalue weighted by Gasteiger charge is -2.13. The topological polar surface area (TPSA) is 34.2 Å². The lowest BCUT2D eigenvalue weighted by molar-refractivity contribution is 0.450. The molecule has 1 N–H and O–H groups in total. The minimum atomic E-state index is 0.387. The Morgan fingerprint density at radius 1 is 1.20 bits per heavy atom. The minimum absolute atomic E-state index is 0.387. The summed E-state index contributed by atoms with van der Waals surface area (Å²) in [5, 5.41) is 4.19. The lowest BCUT2D eigenvalue weighted by atomic mass is 10.2. The Morgan fingerprint density at radius 2 is 2.00 bits per heavy atom. The van der Waals surface area contributed by atoms with Crippen molar-refractivity contribution >= 4 is 23.2 Å². The Labute approximate surface area is 128 Å². The van der Waals surface area contributed by atoms with E-state index in [-0.39, 0.29) is 0 Å². The Kier molecular flexibility index (Phi) is 5.24. The SMILES string of the molecule is CC(C)NCc1cccnc1Oc1cccc(Cl)c1Cl. The molecule has 0 aliphatic heterocycles. The van der Waals surface area contributed by atoms with Crippen molar-refractivity contribution < 1.29 is 4.74 Å². The van der Waals surface area contributed by atoms with Gasteiger partial charge in [-0.15, -0.1) is 0 Å². The third-order valence-corrected chi connectivity index (χ3v) is 3.48. The van der Waals surface area contributed by atoms with E-state index in [9.17, 15) is 0 Å². The molecule has 0 aliphatic rings. The fourth-order valence-corrected chi connectivity index (χ4v) is 1.96. The second kappa shape index (κ2) is 6.93. The number of ether oxygens (including phenoxy) is 1. The number of benzene rings is 1. The van der Waals surface area contributed by atoms with Gasteiger partial charge in [0.1, 0.15) is 10.8 Å². The summed E-state index contributed by atoms with van der Waals surface area (Å²) in [6.07, 6.45) is 1.69. The lowest BCUT2D eigenvalue weighted by Crippen LogP contribution is -2.22. The Morgan fingerprint density at radius 3 is 2.75 bits per heavy atom. The highest BCUT2D eigenvalue weighted by Gasteiger charge is 2.10. The molecule has 2 aromatic rings. The van der Waals surface area contributed by atoms with Gasteiger partial charge >= 0.3 is 0 Å². The molecule has 0 fully saturated rings. The van der Waals surface area contributed by atoms with Crippen LogP contribution in [0.5, 0.6) is 11.6 Å². The predicted molar refractivity (Wildman–Crippen MR) is 82.7 cm³/mol. The van der Waals surface area contributed by atoms with Gasteiger partial charge in [0.05, 0.1) is 5.02 Å². The van der Waals surface area contributed by atoms with E-state index in [0.29, 0.717) is 34.3 Å². The first-order valence-electron chi connectivity index (χ1n) is 6.37. The van der Waals surface area contributed by atoms with Gasteiger partial charge in [0.15, 0.2) is 0 Å². The maximum Gasteiger partial charge on any atom is 0.223 e. The summed E-state index contributed by atoms with van der Waals surface area (Å²) in [5.74, 6) is 1.04. The van der Waals surface area contributed by atoms with Crippen molar-refractivity contribution in [1.29, 1.82) is 0 Å². The zero-order valence-electron chi connectivity index (χ0n) is 11.4. The summed E-state index contributed by atoms with van der Waals surface area (Å²) in [6, 6.07) is 9.51. The molecule has 1 aromatic heterocycles. The Bertz CT molecular complexity index is 588. The average molecular weight is 311 g/mol. The van der Waals surface area contributed by atoms with Crippen LogP contribution in [0.25, 0.3) is 0 Å². The molecule has 1 aromatic carbocycles. The van der Waals surface area contributed by atoms with Crippen molar-refractivity contribution in [2.75, 3.05) is 0 Å². The highest BCUT2D eigenvalue weighted by atomic mass is 35.5. The third-order valence-electron chi connectivity index (χ3n) is 2.67. The van der Waals surface area contributed by atoms with Gasteiger partial charge in [0.25, 0.3) is 0 Å². The van der Waals surface area contributed by atoms with Crippen LogP contribution < -0.4 is 10.1 Å². The number of nitrogens with zero attached hydrogens (tertiary/aromatic N) is 1. The summed E-state index contributed by atoms with van der Waals surface area (Å²) in [4.78, 5) is 4.26. The Hall–Kier alpha value is -1.29. The minimum Gasteiger partial charge on any atom is -0.437 e. The van der Waals surface area contributed by atoms with Crippen LogP contribution >= 0.6 is 23.2 Å². The molecule has 5 heteroatoms. The van der Waals surface area contributed by atoms with Crippen LogP contribution in [-0.2, 0) is 6.54 Å². The number of nitrogens with one attached hydrogen (secondary N) is 1. The highest BCUT2D eigenvalue weighted by molar-refractivity contribution is 6.42. The van der Waals surface area contributed by atoms with Crippen molar-refractivity contribution in [1.82, 2.24) is 10.3 Å². The van der Waals surface area contributed by atoms with E-state index in [1.54, 1.807) is 24.4 Å². The fourth-order valence-electron chi connectivity index (χ4n) is 1.63. The zero-order valence-corrected chi connectivity index (χ0v) is 12.9. The van der Waals surface area contributed by atoms with Gasteiger partial charge in [-0.3, -0.25) is 0 Å². The maximum absolute atomic E-state index is 6.12. The molecule has 0 aliphatic carbocycles. The van der Waals surface area contributed by atoms with E-state index in [1.165, 1.54) is 0 Å². The van der Waals surface area contributed by atoms with E-state index in [2.05, 4.69) is 24.1 Å². The van der Waals surface area contributed by atoms with Crippen molar-refractivity contribution in [3.05, 3.63) is 52.1 Å². The molecule has 0 amide bonds. The Balaban J connectivity index is 2.22. The fraction of sp³-hybridized carbons (Fsp3) is 0.267. The van der Waals surface area contributed by atoms with Gasteiger partial charge in [0.2, 0.25) is 5.88 Å². The molecule has 3 nitrogen and oxygen atoms in total. The van der Waals surface area contributed by atoms with E-state index in [4.69, 9.17) is 27.9 Å². The molecule has 0 spiro atoms. The van der Waals surface area contributed by atoms with Gasteiger partial charge in [-0.2, -0.15) is 0 Å². The van der Waals surface area contributed by atoms with Crippen LogP contribution in [0.4, 0.5) is 0 Å². The van der Waals surface area contributed by atoms with Crippen LogP contribution in [0.3, 0.4) is 0 Å². The standard InChI is InChI=1S/C15H16Cl2N2O/c1-10(2)19-9-11-5-4-8-18-15(11)20-13-7-3-6-12(16)14(13)17/h3-8,10,19H,9H2,1-2H3. The number of hydrogen-bond donors (Lipinski definition) is 1. The van der Waals surface area contributed by atoms with Gasteiger partial charge in [0, 0.05) is 24.3 Å². The van der Waals surface area contributed by atoms with E-state index >= 15 is 0 Å². The number of halogens is 2. The van der Waals surface area contributed by atoms with Crippen LogP contribution in [0.2, 0.25) is 10.0 Å². The van der Waals surface area contributed by atoms with Crippen molar-refractivity contribution in [2.24, 2.45) is 0 Å². The van der Waals surface area contributed by atoms with Crippen molar-refractivity contribution in [2.45, 2.75) is 26.4 Å². The van der Waals surface area contributed by atoms with Crippen molar-refractivity contribution in [3.8, 4) is 11.6 Å². The predicted octanol–water partition coefficient (Wildman–Crippen LogP) is 4.68. The molecule has 0 unspecified atom stereocenters. The molecule has 0 bridgehead atoms. The zero-order chi connectivity index (χ0) is 14.5. The molecule has 2 rings (SSSR count). The van der Waals surface area contributed by atoms with Crippen LogP contribution in [0.15, 0.2) is 36.5 Å². The average Bonchev–Trinajstić information content (AvgIpc) is 2.43. The second-order valence-electron chi connectivity index (χ2n) is 4.66. The highest BCUT2D eigenvalue weighted by Crippen LogP contribution is 2.34. The number of pyridine rings is 1. The monoisotopic (exact) mass is 310 g/mol. The largest absolute Gasteiger partial charge is 0.437 e. The molecule has 106 valence electrons. The summed E-state index contributed by atoms with van der Waals surface area (Å²) >= 11 is 12.1. The van der Waals surface area contributed by atoms with Gasteiger partial charge < -0.3 is 10.1 Å². The molecular formula is C15H16Cl2N2O. The number of aromatic nitrogens is 1. The van der Waals surface area contributed by atoms with Crippen LogP contribution in [0.1, 0.15) is 19.4 Å². The normalized spacial score (nSPS) is 10.8. The molecule has 0 saturated heterocycles. The first kappa shape index (κ1) is 15.1. The molecular weight excluding hydrogens is 295 g/mol. The van der Waals surface area contributed by atoms with Gasteiger partial charge in [-0.1, -0.05) is 49.2 Å². The third kappa shape index (κ3) is 3.85. The maximum atomic E-state index is 6.12. The number of hydrogen-bond acceptors (Lipinski definition) is 3. The van der Waals surface area contributed by atoms with Crippen LogP contribution in [-0.4, -0.2) is 11.0 Å². The molecule has 0 radical (unpaired) electrons. The van der Waals surface area contributed by atoms with Gasteiger partial charge in [-0.05, 0) is 18.2 Å². The molecule has 20 heavy (non-hydrogen) atoms. The van der Waals surface area contributed by atoms with Crippen molar-refractivity contribution in [3.63, 3.8) is 0 Å². The van der Waals surface area contributed by atoms with Gasteiger partial charge in [-0.25, -0.2) is 4.98 Å². The summed E-state index contributed by atoms with van der Waals surface area (Å²) in [7, 11) is 0. The first-order valence-corrected chi connectivity index (χ1v) is 7.12. The first-order chi connectivity index (χ1) is 9.58. The summed E-state index contributed by atoms with van der Waals surface area (Å²) in [5.41, 5.74) is 0.970.